The molecule has 2 aromatic carbocycles. The van der Waals surface area contributed by atoms with Crippen LogP contribution in [-0.2, 0) is 22.7 Å². The van der Waals surface area contributed by atoms with Gasteiger partial charge in [0.1, 0.15) is 10.6 Å². The maximum Gasteiger partial charge on any atom is 0.241 e. The Kier molecular flexibility index (Phi) is 6.71. The first-order chi connectivity index (χ1) is 11.8. The summed E-state index contributed by atoms with van der Waals surface area (Å²) in [6.45, 7) is 2.72. The fourth-order valence-corrected chi connectivity index (χ4v) is 3.11. The lowest BCUT2D eigenvalue weighted by Gasteiger charge is -2.19. The molecule has 0 aliphatic carbocycles. The number of anilines is 1. The molecule has 2 rings (SSSR count). The molecule has 0 saturated carbocycles. The zero-order valence-corrected chi connectivity index (χ0v) is 16.1. The van der Waals surface area contributed by atoms with Gasteiger partial charge in [-0.3, -0.25) is 0 Å². The number of sulfonamides is 1. The van der Waals surface area contributed by atoms with E-state index >= 15 is 0 Å². The first-order valence-electron chi connectivity index (χ1n) is 7.72. The molecule has 5 nitrogen and oxygen atoms in total. The number of ether oxygens (including phenoxy) is 1. The van der Waals surface area contributed by atoms with E-state index in [4.69, 9.17) is 34.7 Å². The molecule has 134 valence electrons. The largest absolute Gasteiger partial charge is 0.454 e. The van der Waals surface area contributed by atoms with Crippen LogP contribution in [0.5, 0.6) is 11.5 Å². The van der Waals surface area contributed by atoms with Crippen molar-refractivity contribution >= 4 is 44.8 Å². The van der Waals surface area contributed by atoms with Crippen LogP contribution in [0, 0.1) is 0 Å². The van der Waals surface area contributed by atoms with E-state index in [-0.39, 0.29) is 14.8 Å². The Morgan fingerprint density at radius 1 is 1.28 bits per heavy atom. The third-order valence-electron chi connectivity index (χ3n) is 3.41. The highest BCUT2D eigenvalue weighted by atomic mass is 32.2. The number of nitrogens with two attached hydrogens (primary N) is 1. The van der Waals surface area contributed by atoms with Gasteiger partial charge in [-0.1, -0.05) is 31.5 Å². The van der Waals surface area contributed by atoms with Crippen LogP contribution < -0.4 is 15.2 Å². The summed E-state index contributed by atoms with van der Waals surface area (Å²) in [7, 11) is -4.03. The second-order valence-corrected chi connectivity index (χ2v) is 7.98. The topological polar surface area (TPSA) is 81.4 Å². The van der Waals surface area contributed by atoms with Gasteiger partial charge in [-0.05, 0) is 36.2 Å². The average Bonchev–Trinajstić information content (AvgIpc) is 2.56. The standard InChI is InChI=1S/C17H20N2O3S3/c1-2-3-9-19-14-10-12(17(23)24)11-15(25(18,20)21)16(14)22-13-7-5-4-6-8-13/h4-8,10-11,19H,2-3,9H2,1H3,(H,23,24)(H2,18,20,21)/p-1. The van der Waals surface area contributed by atoms with Crippen molar-refractivity contribution in [3.05, 3.63) is 48.0 Å². The van der Waals surface area contributed by atoms with Gasteiger partial charge in [-0.25, -0.2) is 13.6 Å². The van der Waals surface area contributed by atoms with Gasteiger partial charge < -0.3 is 34.9 Å². The molecule has 0 heterocycles. The van der Waals surface area contributed by atoms with Crippen LogP contribution in [-0.4, -0.2) is 19.2 Å². The van der Waals surface area contributed by atoms with Gasteiger partial charge in [0.25, 0.3) is 0 Å². The molecule has 0 amide bonds. The lowest BCUT2D eigenvalue weighted by atomic mass is 10.2. The van der Waals surface area contributed by atoms with Crippen molar-refractivity contribution in [2.45, 2.75) is 24.7 Å². The van der Waals surface area contributed by atoms with Crippen LogP contribution >= 0.6 is 12.2 Å². The predicted molar refractivity (Wildman–Crippen MR) is 107 cm³/mol. The van der Waals surface area contributed by atoms with E-state index in [1.165, 1.54) is 6.07 Å². The quantitative estimate of drug-likeness (QED) is 0.404. The molecule has 0 saturated heterocycles. The summed E-state index contributed by atoms with van der Waals surface area (Å²) in [5.41, 5.74) is 0.930. The van der Waals surface area contributed by atoms with Crippen LogP contribution in [0.15, 0.2) is 47.4 Å². The fraction of sp³-hybridized carbons (Fsp3) is 0.235. The summed E-state index contributed by atoms with van der Waals surface area (Å²) in [5, 5.41) is 8.58. The first-order valence-corrected chi connectivity index (χ1v) is 10.1. The van der Waals surface area contributed by atoms with Crippen molar-refractivity contribution in [3.63, 3.8) is 0 Å². The van der Waals surface area contributed by atoms with Crippen molar-refractivity contribution in [3.8, 4) is 11.5 Å². The van der Waals surface area contributed by atoms with Crippen molar-refractivity contribution in [2.75, 3.05) is 11.9 Å². The van der Waals surface area contributed by atoms with E-state index in [9.17, 15) is 8.42 Å². The molecule has 0 unspecified atom stereocenters. The molecule has 0 bridgehead atoms. The van der Waals surface area contributed by atoms with Gasteiger partial charge in [-0.15, -0.1) is 4.20 Å². The van der Waals surface area contributed by atoms with Crippen LogP contribution in [0.3, 0.4) is 0 Å². The highest BCUT2D eigenvalue weighted by molar-refractivity contribution is 8.01. The second kappa shape index (κ2) is 8.57. The number of nitrogens with one attached hydrogen (secondary N) is 1. The van der Waals surface area contributed by atoms with E-state index in [0.29, 0.717) is 23.5 Å². The Labute approximate surface area is 159 Å². The monoisotopic (exact) mass is 395 g/mol. The summed E-state index contributed by atoms with van der Waals surface area (Å²) in [6.07, 6.45) is 1.90. The average molecular weight is 396 g/mol. The molecule has 25 heavy (non-hydrogen) atoms. The summed E-state index contributed by atoms with van der Waals surface area (Å²) in [6, 6.07) is 11.9. The van der Waals surface area contributed by atoms with Crippen molar-refractivity contribution in [1.29, 1.82) is 0 Å². The van der Waals surface area contributed by atoms with Crippen LogP contribution in [0.1, 0.15) is 25.3 Å². The van der Waals surface area contributed by atoms with E-state index in [0.717, 1.165) is 12.8 Å². The van der Waals surface area contributed by atoms with Gasteiger partial charge >= 0.3 is 0 Å². The SMILES string of the molecule is CCCCNc1cc(C(=S)[S-])cc(S(N)(=O)=O)c1Oc1ccccc1. The van der Waals surface area contributed by atoms with Gasteiger partial charge in [0.05, 0.1) is 5.69 Å². The number of rotatable bonds is 8. The molecule has 2 aromatic rings. The number of hydrogen-bond acceptors (Lipinski definition) is 6. The number of benzene rings is 2. The minimum absolute atomic E-state index is 0.139. The smallest absolute Gasteiger partial charge is 0.241 e. The Balaban J connectivity index is 2.59. The van der Waals surface area contributed by atoms with E-state index < -0.39 is 10.0 Å². The van der Waals surface area contributed by atoms with Gasteiger partial charge in [0.2, 0.25) is 10.0 Å². The normalized spacial score (nSPS) is 11.1. The summed E-state index contributed by atoms with van der Waals surface area (Å²) >= 11 is 10.0. The minimum Gasteiger partial charge on any atom is -0.454 e. The maximum absolute atomic E-state index is 12.1. The second-order valence-electron chi connectivity index (χ2n) is 5.38. The predicted octanol–water partition coefficient (Wildman–Crippen LogP) is 3.56. The number of thiocarbonyl (C=S) groups is 1. The van der Waals surface area contributed by atoms with Crippen molar-refractivity contribution < 1.29 is 13.2 Å². The summed E-state index contributed by atoms with van der Waals surface area (Å²) < 4.78 is 30.2. The number of primary sulfonamides is 1. The number of hydrogen-bond donors (Lipinski definition) is 2. The molecule has 3 N–H and O–H groups in total. The van der Waals surface area contributed by atoms with E-state index in [1.807, 2.05) is 6.07 Å². The summed E-state index contributed by atoms with van der Waals surface area (Å²) in [4.78, 5) is -0.153. The van der Waals surface area contributed by atoms with Crippen LogP contribution in [0.25, 0.3) is 0 Å². The molecule has 0 spiro atoms. The fourth-order valence-electron chi connectivity index (χ4n) is 2.17. The lowest BCUT2D eigenvalue weighted by Crippen LogP contribution is -2.16. The van der Waals surface area contributed by atoms with Gasteiger partial charge in [0.15, 0.2) is 5.75 Å². The maximum atomic E-state index is 12.1. The first kappa shape index (κ1) is 19.6. The molecule has 8 heteroatoms. The third kappa shape index (κ3) is 5.37. The molecule has 0 radical (unpaired) electrons. The highest BCUT2D eigenvalue weighted by Crippen LogP contribution is 2.37. The molecule has 0 atom stereocenters. The van der Waals surface area contributed by atoms with E-state index in [2.05, 4.69) is 12.2 Å². The molecule has 0 aliphatic rings. The van der Waals surface area contributed by atoms with Crippen molar-refractivity contribution in [2.24, 2.45) is 5.14 Å². The Bertz CT molecular complexity index is 853. The lowest BCUT2D eigenvalue weighted by molar-refractivity contribution is 0.469. The Morgan fingerprint density at radius 2 is 1.96 bits per heavy atom. The molecular formula is C17H19N2O3S3-. The zero-order valence-electron chi connectivity index (χ0n) is 13.7. The zero-order chi connectivity index (χ0) is 18.4. The van der Waals surface area contributed by atoms with Gasteiger partial charge in [0, 0.05) is 6.54 Å². The summed E-state index contributed by atoms with van der Waals surface area (Å²) in [5.74, 6) is 0.638. The number of para-hydroxylation sites is 1. The van der Waals surface area contributed by atoms with Crippen LogP contribution in [0.4, 0.5) is 5.69 Å². The van der Waals surface area contributed by atoms with E-state index in [1.54, 1.807) is 30.3 Å². The highest BCUT2D eigenvalue weighted by Gasteiger charge is 2.21. The van der Waals surface area contributed by atoms with Crippen molar-refractivity contribution in [1.82, 2.24) is 0 Å². The molecule has 0 aromatic heterocycles. The number of unbranched alkanes of at least 4 members (excludes halogenated alkanes) is 1. The van der Waals surface area contributed by atoms with Gasteiger partial charge in [-0.2, -0.15) is 0 Å². The molecular weight excluding hydrogens is 376 g/mol. The third-order valence-corrected chi connectivity index (χ3v) is 4.79. The molecule has 0 aliphatic heterocycles. The molecule has 0 fully saturated rings. The Morgan fingerprint density at radius 3 is 2.52 bits per heavy atom. The Hall–Kier alpha value is -1.74. The van der Waals surface area contributed by atoms with Crippen LogP contribution in [0.2, 0.25) is 0 Å². The minimum atomic E-state index is -4.03.